The third kappa shape index (κ3) is 6.96. The molecule has 5 rings (SSSR count). The zero-order chi connectivity index (χ0) is 29.1. The van der Waals surface area contributed by atoms with E-state index in [0.717, 1.165) is 34.4 Å². The van der Waals surface area contributed by atoms with E-state index in [2.05, 4.69) is 20.7 Å². The van der Waals surface area contributed by atoms with E-state index < -0.39 is 24.1 Å². The van der Waals surface area contributed by atoms with Crippen LogP contribution < -0.4 is 25.4 Å². The molecule has 0 radical (unpaired) electrons. The van der Waals surface area contributed by atoms with Gasteiger partial charge < -0.3 is 25.4 Å². The van der Waals surface area contributed by atoms with Crippen molar-refractivity contribution in [3.63, 3.8) is 0 Å². The van der Waals surface area contributed by atoms with Crippen LogP contribution in [0.2, 0.25) is 0 Å². The molecule has 3 amide bonds. The fraction of sp³-hybridized carbons (Fsp3) is 0.161. The van der Waals surface area contributed by atoms with Gasteiger partial charge in [-0.3, -0.25) is 4.79 Å². The van der Waals surface area contributed by atoms with Crippen molar-refractivity contribution in [1.82, 2.24) is 0 Å². The van der Waals surface area contributed by atoms with E-state index in [1.54, 1.807) is 12.1 Å². The van der Waals surface area contributed by atoms with Gasteiger partial charge in [-0.2, -0.15) is 0 Å². The summed E-state index contributed by atoms with van der Waals surface area (Å²) in [6, 6.07) is 22.9. The molecule has 1 atom stereocenters. The number of nitrogens with one attached hydrogen (secondary N) is 3. The van der Waals surface area contributed by atoms with Crippen molar-refractivity contribution in [3.8, 4) is 17.2 Å². The van der Waals surface area contributed by atoms with Crippen LogP contribution >= 0.6 is 0 Å². The standard InChI is InChI=1S/C31H26F3N3O4/c1-18-12-19(2)14-23(13-18)40-28-16-24-25(15-20-6-4-3-5-7-20)29(38)36-26(24)17-27(28)37-30(39)35-21-8-10-22(11-9-21)41-31(32,33)34/h3-14,16-17,25H,15H2,1-2H3,(H,36,38)(H2,35,37,39). The van der Waals surface area contributed by atoms with E-state index in [4.69, 9.17) is 4.74 Å². The minimum Gasteiger partial charge on any atom is -0.455 e. The second kappa shape index (κ2) is 11.2. The highest BCUT2D eigenvalue weighted by Crippen LogP contribution is 2.43. The lowest BCUT2D eigenvalue weighted by atomic mass is 9.93. The van der Waals surface area contributed by atoms with Gasteiger partial charge in [-0.1, -0.05) is 36.4 Å². The summed E-state index contributed by atoms with van der Waals surface area (Å²) in [4.78, 5) is 25.9. The molecule has 1 unspecified atom stereocenters. The number of alkyl halides is 3. The highest BCUT2D eigenvalue weighted by atomic mass is 19.4. The number of carbonyl (C=O) groups excluding carboxylic acids is 2. The van der Waals surface area contributed by atoms with Crippen LogP contribution in [-0.4, -0.2) is 18.3 Å². The van der Waals surface area contributed by atoms with E-state index in [-0.39, 0.29) is 17.3 Å². The average molecular weight is 562 g/mol. The lowest BCUT2D eigenvalue weighted by molar-refractivity contribution is -0.274. The summed E-state index contributed by atoms with van der Waals surface area (Å²) < 4.78 is 47.4. The number of hydrogen-bond donors (Lipinski definition) is 3. The predicted molar refractivity (Wildman–Crippen MR) is 150 cm³/mol. The fourth-order valence-corrected chi connectivity index (χ4v) is 4.73. The normalized spacial score (nSPS) is 14.2. The van der Waals surface area contributed by atoms with Crippen LogP contribution in [0, 0.1) is 13.8 Å². The largest absolute Gasteiger partial charge is 0.573 e. The molecule has 1 aliphatic rings. The van der Waals surface area contributed by atoms with Crippen LogP contribution in [0.5, 0.6) is 17.2 Å². The second-order valence-corrected chi connectivity index (χ2v) is 9.74. The van der Waals surface area contributed by atoms with Crippen LogP contribution in [-0.2, 0) is 11.2 Å². The molecule has 10 heteroatoms. The summed E-state index contributed by atoms with van der Waals surface area (Å²) in [7, 11) is 0. The topological polar surface area (TPSA) is 88.7 Å². The molecule has 0 bridgehead atoms. The van der Waals surface area contributed by atoms with E-state index in [0.29, 0.717) is 23.6 Å². The first kappa shape index (κ1) is 27.6. The zero-order valence-corrected chi connectivity index (χ0v) is 22.1. The Morgan fingerprint density at radius 2 is 1.56 bits per heavy atom. The number of benzene rings is 4. The molecule has 4 aromatic carbocycles. The maximum atomic E-state index is 13.0. The number of rotatable bonds is 7. The summed E-state index contributed by atoms with van der Waals surface area (Å²) in [6.07, 6.45) is -4.33. The maximum absolute atomic E-state index is 13.0. The van der Waals surface area contributed by atoms with E-state index in [1.165, 1.54) is 12.1 Å². The number of halogens is 3. The van der Waals surface area contributed by atoms with Gasteiger partial charge in [0, 0.05) is 11.4 Å². The number of amides is 3. The van der Waals surface area contributed by atoms with Crippen molar-refractivity contribution in [2.45, 2.75) is 32.5 Å². The van der Waals surface area contributed by atoms with Crippen LogP contribution in [0.3, 0.4) is 0 Å². The molecular weight excluding hydrogens is 535 g/mol. The summed E-state index contributed by atoms with van der Waals surface area (Å²) in [5, 5.41) is 8.20. The Labute approximate surface area is 234 Å². The lowest BCUT2D eigenvalue weighted by Gasteiger charge is -2.17. The molecule has 41 heavy (non-hydrogen) atoms. The summed E-state index contributed by atoms with van der Waals surface area (Å²) in [5.74, 6) is -0.138. The second-order valence-electron chi connectivity index (χ2n) is 9.74. The average Bonchev–Trinajstić information content (AvgIpc) is 3.18. The van der Waals surface area contributed by atoms with Gasteiger partial charge in [0.25, 0.3) is 0 Å². The smallest absolute Gasteiger partial charge is 0.455 e. The molecule has 0 aromatic heterocycles. The number of anilines is 3. The Balaban J connectivity index is 1.42. The molecule has 0 fully saturated rings. The molecule has 0 saturated carbocycles. The summed E-state index contributed by atoms with van der Waals surface area (Å²) >= 11 is 0. The van der Waals surface area contributed by atoms with Gasteiger partial charge in [0.15, 0.2) is 5.75 Å². The monoisotopic (exact) mass is 561 g/mol. The molecule has 3 N–H and O–H groups in total. The molecule has 210 valence electrons. The maximum Gasteiger partial charge on any atom is 0.573 e. The minimum absolute atomic E-state index is 0.163. The molecule has 0 spiro atoms. The summed E-state index contributed by atoms with van der Waals surface area (Å²) in [6.45, 7) is 3.89. The Morgan fingerprint density at radius 1 is 0.878 bits per heavy atom. The van der Waals surface area contributed by atoms with Crippen molar-refractivity contribution < 1.29 is 32.2 Å². The molecule has 1 heterocycles. The highest BCUT2D eigenvalue weighted by molar-refractivity contribution is 6.06. The predicted octanol–water partition coefficient (Wildman–Crippen LogP) is 7.92. The van der Waals surface area contributed by atoms with Gasteiger partial charge in [0.1, 0.15) is 11.5 Å². The Kier molecular flexibility index (Phi) is 7.56. The van der Waals surface area contributed by atoms with Gasteiger partial charge >= 0.3 is 12.4 Å². The Morgan fingerprint density at radius 3 is 2.22 bits per heavy atom. The molecule has 1 aliphatic heterocycles. The van der Waals surface area contributed by atoms with E-state index >= 15 is 0 Å². The number of aryl methyl sites for hydroxylation is 2. The van der Waals surface area contributed by atoms with Crippen LogP contribution in [0.15, 0.2) is 84.9 Å². The first-order chi connectivity index (χ1) is 19.5. The van der Waals surface area contributed by atoms with Crippen molar-refractivity contribution in [2.75, 3.05) is 16.0 Å². The number of urea groups is 1. The van der Waals surface area contributed by atoms with Gasteiger partial charge in [-0.15, -0.1) is 13.2 Å². The minimum atomic E-state index is -4.82. The highest BCUT2D eigenvalue weighted by Gasteiger charge is 2.33. The molecule has 4 aromatic rings. The molecule has 0 saturated heterocycles. The SMILES string of the molecule is Cc1cc(C)cc(Oc2cc3c(cc2NC(=O)Nc2ccc(OC(F)(F)F)cc2)NC(=O)C3Cc2ccccc2)c1. The Bertz CT molecular complexity index is 1570. The number of ether oxygens (including phenoxy) is 2. The lowest BCUT2D eigenvalue weighted by Crippen LogP contribution is -2.20. The third-order valence-electron chi connectivity index (χ3n) is 6.40. The van der Waals surface area contributed by atoms with Crippen molar-refractivity contribution in [1.29, 1.82) is 0 Å². The van der Waals surface area contributed by atoms with Gasteiger partial charge in [-0.05, 0) is 91.1 Å². The van der Waals surface area contributed by atoms with Crippen LogP contribution in [0.1, 0.15) is 28.2 Å². The van der Waals surface area contributed by atoms with Crippen LogP contribution in [0.4, 0.5) is 35.0 Å². The van der Waals surface area contributed by atoms with Gasteiger partial charge in [0.2, 0.25) is 5.91 Å². The van der Waals surface area contributed by atoms with E-state index in [9.17, 15) is 22.8 Å². The van der Waals surface area contributed by atoms with Crippen LogP contribution in [0.25, 0.3) is 0 Å². The Hall–Kier alpha value is -4.99. The third-order valence-corrected chi connectivity index (χ3v) is 6.40. The first-order valence-electron chi connectivity index (χ1n) is 12.7. The molecule has 0 aliphatic carbocycles. The molecular formula is C31H26F3N3O4. The van der Waals surface area contributed by atoms with Crippen molar-refractivity contribution in [2.24, 2.45) is 0 Å². The van der Waals surface area contributed by atoms with Gasteiger partial charge in [0.05, 0.1) is 11.6 Å². The van der Waals surface area contributed by atoms with Crippen molar-refractivity contribution >= 4 is 29.0 Å². The summed E-state index contributed by atoms with van der Waals surface area (Å²) in [5.41, 5.74) is 4.81. The number of carbonyl (C=O) groups is 2. The number of hydrogen-bond acceptors (Lipinski definition) is 4. The zero-order valence-electron chi connectivity index (χ0n) is 22.1. The van der Waals surface area contributed by atoms with Gasteiger partial charge in [-0.25, -0.2) is 4.79 Å². The molecule has 7 nitrogen and oxygen atoms in total. The quantitative estimate of drug-likeness (QED) is 0.214. The van der Waals surface area contributed by atoms with Crippen molar-refractivity contribution in [3.05, 3.63) is 107 Å². The number of fused-ring (bicyclic) bond motifs is 1. The fourth-order valence-electron chi connectivity index (χ4n) is 4.73. The first-order valence-corrected chi connectivity index (χ1v) is 12.7. The van der Waals surface area contributed by atoms with E-state index in [1.807, 2.05) is 62.4 Å².